The molecule has 3 aliphatic heterocycles. The van der Waals surface area contributed by atoms with Crippen molar-refractivity contribution in [2.75, 3.05) is 52.4 Å². The molecule has 4 heterocycles. The molecule has 1 unspecified atom stereocenters. The van der Waals surface area contributed by atoms with Crippen LogP contribution in [0.1, 0.15) is 49.3 Å². The number of aromatic nitrogens is 3. The van der Waals surface area contributed by atoms with Crippen LogP contribution in [0.2, 0.25) is 5.02 Å². The van der Waals surface area contributed by atoms with Crippen LogP contribution in [-0.4, -0.2) is 99.7 Å². The first kappa shape index (κ1) is 31.5. The lowest BCUT2D eigenvalue weighted by atomic mass is 9.91. The number of nitrogens with one attached hydrogen (secondary N) is 2. The number of likely N-dealkylation sites (tertiary alicyclic amines) is 2. The molecule has 1 aromatic heterocycles. The number of halogens is 1. The lowest BCUT2D eigenvalue weighted by Gasteiger charge is -2.41. The van der Waals surface area contributed by atoms with Crippen molar-refractivity contribution in [3.05, 3.63) is 75.2 Å². The summed E-state index contributed by atoms with van der Waals surface area (Å²) in [6.45, 7) is 8.64. The fraction of sp³-hybridized carbons (Fsp3) is 0.529. The molecule has 2 amide bonds. The van der Waals surface area contributed by atoms with Crippen LogP contribution in [0.25, 0.3) is 11.4 Å². The Bertz CT molecular complexity index is 1520. The van der Waals surface area contributed by atoms with Gasteiger partial charge in [0, 0.05) is 75.4 Å². The Morgan fingerprint density at radius 1 is 0.911 bits per heavy atom. The van der Waals surface area contributed by atoms with Crippen LogP contribution >= 0.6 is 11.6 Å². The number of aromatic amines is 1. The summed E-state index contributed by atoms with van der Waals surface area (Å²) in [6.07, 6.45) is 3.89. The zero-order valence-electron chi connectivity index (χ0n) is 26.1. The number of hydrogen-bond donors (Lipinski definition) is 2. The predicted octanol–water partition coefficient (Wildman–Crippen LogP) is 3.51. The number of hydrogen-bond acceptors (Lipinski definition) is 6. The Hall–Kier alpha value is -3.47. The quantitative estimate of drug-likeness (QED) is 0.393. The zero-order chi connectivity index (χ0) is 31.3. The number of amides is 2. The van der Waals surface area contributed by atoms with Gasteiger partial charge in [-0.1, -0.05) is 54.1 Å². The lowest BCUT2D eigenvalue weighted by Crippen LogP contribution is -2.53. The van der Waals surface area contributed by atoms with E-state index in [-0.39, 0.29) is 30.0 Å². The second-order valence-electron chi connectivity index (χ2n) is 12.7. The SMILES string of the molecule is Cc1cc(CC(CC(=O)N2CCC(n3nc(-c4ccccc4)[nH]c3=O)CC2)C(=O)N2CCC(N3CCNCC3)CC2)ccc1Cl. The Labute approximate surface area is 269 Å². The third-order valence-corrected chi connectivity index (χ3v) is 10.2. The second kappa shape index (κ2) is 14.3. The highest BCUT2D eigenvalue weighted by Crippen LogP contribution is 2.27. The number of H-pyrrole nitrogens is 1. The van der Waals surface area contributed by atoms with Crippen LogP contribution < -0.4 is 11.0 Å². The average Bonchev–Trinajstić information content (AvgIpc) is 3.48. The topological polar surface area (TPSA) is 107 Å². The third kappa shape index (κ3) is 7.51. The first-order valence-electron chi connectivity index (χ1n) is 16.4. The molecule has 0 saturated carbocycles. The molecule has 0 aliphatic carbocycles. The summed E-state index contributed by atoms with van der Waals surface area (Å²) in [5.41, 5.74) is 2.61. The number of nitrogens with zero attached hydrogens (tertiary/aromatic N) is 5. The summed E-state index contributed by atoms with van der Waals surface area (Å²) in [7, 11) is 0. The van der Waals surface area contributed by atoms with Crippen molar-refractivity contribution in [3.8, 4) is 11.4 Å². The van der Waals surface area contributed by atoms with Gasteiger partial charge in [0.15, 0.2) is 5.82 Å². The van der Waals surface area contributed by atoms with Crippen molar-refractivity contribution in [1.29, 1.82) is 0 Å². The molecule has 2 aromatic carbocycles. The monoisotopic (exact) mass is 633 g/mol. The van der Waals surface area contributed by atoms with Crippen LogP contribution in [0.3, 0.4) is 0 Å². The van der Waals surface area contributed by atoms with Crippen LogP contribution in [-0.2, 0) is 16.0 Å². The average molecular weight is 634 g/mol. The summed E-state index contributed by atoms with van der Waals surface area (Å²) in [6, 6.07) is 15.9. The minimum absolute atomic E-state index is 0.00691. The normalized spacial score (nSPS) is 19.5. The maximum absolute atomic E-state index is 14.0. The standard InChI is InChI=1S/C34H44ClN7O3/c1-24-21-25(7-8-30(24)35)22-27(33(44)41-17-9-28(10-18-41)39-19-13-36-14-20-39)23-31(43)40-15-11-29(12-16-40)42-34(45)37-32(38-42)26-5-3-2-4-6-26/h2-8,21,27-29,36H,9-20,22-23H2,1H3,(H,37,38,45). The molecule has 6 rings (SSSR count). The van der Waals surface area contributed by atoms with Crippen molar-refractivity contribution in [2.24, 2.45) is 5.92 Å². The number of carbonyl (C=O) groups is 2. The van der Waals surface area contributed by atoms with Crippen molar-refractivity contribution >= 4 is 23.4 Å². The number of piperidine rings is 2. The molecule has 11 heteroatoms. The Morgan fingerprint density at radius 2 is 1.58 bits per heavy atom. The third-order valence-electron chi connectivity index (χ3n) is 9.77. The molecule has 3 aliphatic rings. The smallest absolute Gasteiger partial charge is 0.343 e. The lowest BCUT2D eigenvalue weighted by molar-refractivity contribution is -0.143. The molecular formula is C34H44ClN7O3. The van der Waals surface area contributed by atoms with Crippen LogP contribution in [0.15, 0.2) is 53.3 Å². The highest BCUT2D eigenvalue weighted by molar-refractivity contribution is 6.31. The van der Waals surface area contributed by atoms with Gasteiger partial charge >= 0.3 is 5.69 Å². The first-order valence-corrected chi connectivity index (χ1v) is 16.7. The van der Waals surface area contributed by atoms with Gasteiger partial charge in [-0.2, -0.15) is 0 Å². The predicted molar refractivity (Wildman–Crippen MR) is 175 cm³/mol. The molecule has 45 heavy (non-hydrogen) atoms. The number of piperazine rings is 1. The maximum Gasteiger partial charge on any atom is 0.343 e. The van der Waals surface area contributed by atoms with E-state index in [0.29, 0.717) is 49.2 Å². The molecule has 0 radical (unpaired) electrons. The van der Waals surface area contributed by atoms with E-state index < -0.39 is 5.92 Å². The first-order chi connectivity index (χ1) is 21.9. The molecule has 3 saturated heterocycles. The van der Waals surface area contributed by atoms with Gasteiger partial charge in [0.2, 0.25) is 11.8 Å². The Morgan fingerprint density at radius 3 is 2.27 bits per heavy atom. The second-order valence-corrected chi connectivity index (χ2v) is 13.1. The van der Waals surface area contributed by atoms with Gasteiger partial charge in [-0.3, -0.25) is 19.5 Å². The van der Waals surface area contributed by atoms with E-state index in [0.717, 1.165) is 68.8 Å². The van der Waals surface area contributed by atoms with Gasteiger partial charge in [0.05, 0.1) is 12.0 Å². The Kier molecular flexibility index (Phi) is 10.0. The molecule has 0 spiro atoms. The Balaban J connectivity index is 1.09. The summed E-state index contributed by atoms with van der Waals surface area (Å²) in [5.74, 6) is 0.178. The van der Waals surface area contributed by atoms with E-state index in [1.54, 1.807) is 0 Å². The van der Waals surface area contributed by atoms with E-state index in [1.165, 1.54) is 4.68 Å². The van der Waals surface area contributed by atoms with E-state index in [4.69, 9.17) is 11.6 Å². The van der Waals surface area contributed by atoms with Crippen LogP contribution in [0.5, 0.6) is 0 Å². The summed E-state index contributed by atoms with van der Waals surface area (Å²) < 4.78 is 1.53. The maximum atomic E-state index is 14.0. The zero-order valence-corrected chi connectivity index (χ0v) is 26.8. The van der Waals surface area contributed by atoms with Gasteiger partial charge < -0.3 is 15.1 Å². The molecule has 3 aromatic rings. The number of aryl methyl sites for hydroxylation is 1. The summed E-state index contributed by atoms with van der Waals surface area (Å²) in [5, 5.41) is 8.69. The van der Waals surface area contributed by atoms with Gasteiger partial charge in [-0.25, -0.2) is 9.48 Å². The van der Waals surface area contributed by atoms with E-state index in [9.17, 15) is 14.4 Å². The molecule has 0 bridgehead atoms. The minimum atomic E-state index is -0.436. The van der Waals surface area contributed by atoms with Gasteiger partial charge in [0.1, 0.15) is 0 Å². The van der Waals surface area contributed by atoms with Crippen molar-refractivity contribution < 1.29 is 9.59 Å². The molecule has 2 N–H and O–H groups in total. The molecule has 1 atom stereocenters. The fourth-order valence-electron chi connectivity index (χ4n) is 7.13. The van der Waals surface area contributed by atoms with Gasteiger partial charge in [0.25, 0.3) is 0 Å². The number of rotatable bonds is 8. The largest absolute Gasteiger partial charge is 0.343 e. The number of benzene rings is 2. The van der Waals surface area contributed by atoms with Crippen molar-refractivity contribution in [3.63, 3.8) is 0 Å². The number of carbonyl (C=O) groups excluding carboxylic acids is 2. The molecule has 10 nitrogen and oxygen atoms in total. The van der Waals surface area contributed by atoms with E-state index >= 15 is 0 Å². The highest BCUT2D eigenvalue weighted by atomic mass is 35.5. The molecule has 3 fully saturated rings. The van der Waals surface area contributed by atoms with E-state index in [1.807, 2.05) is 65.3 Å². The van der Waals surface area contributed by atoms with Crippen LogP contribution in [0, 0.1) is 12.8 Å². The van der Waals surface area contributed by atoms with Gasteiger partial charge in [-0.05, 0) is 56.2 Å². The highest BCUT2D eigenvalue weighted by Gasteiger charge is 2.34. The molecule has 240 valence electrons. The molecular weight excluding hydrogens is 590 g/mol. The van der Waals surface area contributed by atoms with Gasteiger partial charge in [-0.15, -0.1) is 5.10 Å². The van der Waals surface area contributed by atoms with E-state index in [2.05, 4.69) is 20.3 Å². The fourth-order valence-corrected chi connectivity index (χ4v) is 7.25. The summed E-state index contributed by atoms with van der Waals surface area (Å²) in [4.78, 5) is 49.7. The summed E-state index contributed by atoms with van der Waals surface area (Å²) >= 11 is 6.29. The minimum Gasteiger partial charge on any atom is -0.343 e. The van der Waals surface area contributed by atoms with Crippen LogP contribution in [0.4, 0.5) is 0 Å². The van der Waals surface area contributed by atoms with Crippen molar-refractivity contribution in [1.82, 2.24) is 34.8 Å². The van der Waals surface area contributed by atoms with Crippen molar-refractivity contribution in [2.45, 2.75) is 57.5 Å².